The average Bonchev–Trinajstić information content (AvgIpc) is 2.74. The molecule has 21 heavy (non-hydrogen) atoms. The molecule has 0 aromatic heterocycles. The van der Waals surface area contributed by atoms with Crippen LogP contribution in [0.4, 0.5) is 10.5 Å². The second kappa shape index (κ2) is 7.93. The van der Waals surface area contributed by atoms with Crippen molar-refractivity contribution in [3.8, 4) is 0 Å². The van der Waals surface area contributed by atoms with Crippen LogP contribution in [0.2, 0.25) is 0 Å². The first-order chi connectivity index (χ1) is 10.1. The van der Waals surface area contributed by atoms with Crippen LogP contribution in [0.15, 0.2) is 24.3 Å². The molecule has 0 saturated carbocycles. The number of aryl methyl sites for hydroxylation is 1. The van der Waals surface area contributed by atoms with Crippen molar-refractivity contribution in [2.45, 2.75) is 19.3 Å². The second-order valence-corrected chi connectivity index (χ2v) is 6.20. The molecule has 1 aliphatic rings. The van der Waals surface area contributed by atoms with Crippen LogP contribution in [-0.4, -0.2) is 46.6 Å². The number of amides is 2. The van der Waals surface area contributed by atoms with Crippen LogP contribution in [-0.2, 0) is 11.2 Å². The monoisotopic (exact) mass is 308 g/mol. The fraction of sp³-hybridized carbons (Fsp3) is 0.467. The second-order valence-electron chi connectivity index (χ2n) is 4.98. The molecular formula is C15H20N2O3S. The van der Waals surface area contributed by atoms with Crippen LogP contribution in [0.3, 0.4) is 0 Å². The fourth-order valence-corrected chi connectivity index (χ4v) is 3.09. The van der Waals surface area contributed by atoms with Gasteiger partial charge in [-0.25, -0.2) is 4.79 Å². The van der Waals surface area contributed by atoms with Crippen LogP contribution >= 0.6 is 11.8 Å². The summed E-state index contributed by atoms with van der Waals surface area (Å²) in [6.07, 6.45) is 1.59. The number of nitrogens with one attached hydrogen (secondary N) is 1. The number of carboxylic acid groups (broad SMARTS) is 1. The average molecular weight is 308 g/mol. The number of carbonyl (C=O) groups is 2. The lowest BCUT2D eigenvalue weighted by Crippen LogP contribution is -2.36. The summed E-state index contributed by atoms with van der Waals surface area (Å²) < 4.78 is 0. The third-order valence-electron chi connectivity index (χ3n) is 3.32. The van der Waals surface area contributed by atoms with Gasteiger partial charge in [-0.05, 0) is 36.3 Å². The Bertz CT molecular complexity index is 499. The topological polar surface area (TPSA) is 69.6 Å². The molecule has 0 aliphatic carbocycles. The molecule has 0 spiro atoms. The first-order valence-corrected chi connectivity index (χ1v) is 8.25. The van der Waals surface area contributed by atoms with Crippen LogP contribution in [0.5, 0.6) is 0 Å². The molecule has 2 N–H and O–H groups in total. The molecule has 2 rings (SSSR count). The van der Waals surface area contributed by atoms with E-state index < -0.39 is 5.97 Å². The number of carbonyl (C=O) groups excluding carboxylic acids is 1. The molecule has 1 aromatic carbocycles. The molecule has 0 atom stereocenters. The van der Waals surface area contributed by atoms with Gasteiger partial charge in [-0.15, -0.1) is 0 Å². The van der Waals surface area contributed by atoms with Crippen molar-refractivity contribution in [3.63, 3.8) is 0 Å². The summed E-state index contributed by atoms with van der Waals surface area (Å²) in [5, 5.41) is 11.6. The number of rotatable bonds is 4. The van der Waals surface area contributed by atoms with Gasteiger partial charge in [0.15, 0.2) is 0 Å². The maximum Gasteiger partial charge on any atom is 0.321 e. The van der Waals surface area contributed by atoms with Gasteiger partial charge >= 0.3 is 12.0 Å². The summed E-state index contributed by atoms with van der Waals surface area (Å²) in [5.41, 5.74) is 1.64. The van der Waals surface area contributed by atoms with Crippen molar-refractivity contribution in [2.75, 3.05) is 29.9 Å². The molecule has 1 aromatic rings. The van der Waals surface area contributed by atoms with E-state index in [0.717, 1.165) is 42.3 Å². The highest BCUT2D eigenvalue weighted by Gasteiger charge is 2.15. The minimum atomic E-state index is -0.813. The number of aliphatic carboxylic acids is 1. The Kier molecular flexibility index (Phi) is 5.92. The molecule has 0 radical (unpaired) electrons. The zero-order valence-corrected chi connectivity index (χ0v) is 12.7. The van der Waals surface area contributed by atoms with E-state index in [9.17, 15) is 9.59 Å². The number of hydrogen-bond donors (Lipinski definition) is 2. The van der Waals surface area contributed by atoms with E-state index in [0.29, 0.717) is 6.42 Å². The van der Waals surface area contributed by atoms with Gasteiger partial charge in [0.1, 0.15) is 0 Å². The lowest BCUT2D eigenvalue weighted by atomic mass is 10.1. The van der Waals surface area contributed by atoms with Crippen molar-refractivity contribution >= 4 is 29.4 Å². The lowest BCUT2D eigenvalue weighted by Gasteiger charge is -2.20. The van der Waals surface area contributed by atoms with Crippen molar-refractivity contribution < 1.29 is 14.7 Å². The normalized spacial score (nSPS) is 15.3. The Balaban J connectivity index is 1.93. The summed E-state index contributed by atoms with van der Waals surface area (Å²) in [5.74, 6) is 1.27. The first-order valence-electron chi connectivity index (χ1n) is 7.09. The highest BCUT2D eigenvalue weighted by molar-refractivity contribution is 7.99. The minimum absolute atomic E-state index is 0.0760. The molecule has 1 saturated heterocycles. The van der Waals surface area contributed by atoms with Gasteiger partial charge in [0, 0.05) is 31.0 Å². The van der Waals surface area contributed by atoms with Gasteiger partial charge in [0.2, 0.25) is 0 Å². The number of urea groups is 1. The quantitative estimate of drug-likeness (QED) is 0.897. The van der Waals surface area contributed by atoms with E-state index in [4.69, 9.17) is 5.11 Å². The molecular weight excluding hydrogens is 288 g/mol. The highest BCUT2D eigenvalue weighted by Crippen LogP contribution is 2.15. The maximum atomic E-state index is 12.2. The van der Waals surface area contributed by atoms with Gasteiger partial charge in [-0.3, -0.25) is 4.79 Å². The summed E-state index contributed by atoms with van der Waals surface area (Å²) >= 11 is 1.88. The molecule has 6 heteroatoms. The number of hydrogen-bond acceptors (Lipinski definition) is 3. The molecule has 1 heterocycles. The van der Waals surface area contributed by atoms with E-state index in [1.165, 1.54) is 0 Å². The van der Waals surface area contributed by atoms with Gasteiger partial charge in [0.25, 0.3) is 0 Å². The zero-order chi connectivity index (χ0) is 15.1. The van der Waals surface area contributed by atoms with E-state index in [1.807, 2.05) is 40.9 Å². The highest BCUT2D eigenvalue weighted by atomic mass is 32.2. The third kappa shape index (κ3) is 5.30. The van der Waals surface area contributed by atoms with Crippen molar-refractivity contribution in [2.24, 2.45) is 0 Å². The zero-order valence-electron chi connectivity index (χ0n) is 11.9. The van der Waals surface area contributed by atoms with Gasteiger partial charge in [0.05, 0.1) is 0 Å². The molecule has 114 valence electrons. The maximum absolute atomic E-state index is 12.2. The van der Waals surface area contributed by atoms with E-state index >= 15 is 0 Å². The van der Waals surface area contributed by atoms with Crippen molar-refractivity contribution in [1.82, 2.24) is 4.90 Å². The van der Waals surface area contributed by atoms with Crippen LogP contribution in [0, 0.1) is 0 Å². The number of nitrogens with zero attached hydrogens (tertiary/aromatic N) is 1. The number of thioether (sulfide) groups is 1. The summed E-state index contributed by atoms with van der Waals surface area (Å²) in [7, 11) is 0. The lowest BCUT2D eigenvalue weighted by molar-refractivity contribution is -0.136. The van der Waals surface area contributed by atoms with Crippen LogP contribution in [0.25, 0.3) is 0 Å². The van der Waals surface area contributed by atoms with Crippen LogP contribution in [0.1, 0.15) is 18.4 Å². The van der Waals surface area contributed by atoms with Gasteiger partial charge < -0.3 is 15.3 Å². The predicted molar refractivity (Wildman–Crippen MR) is 84.9 cm³/mol. The van der Waals surface area contributed by atoms with Crippen LogP contribution < -0.4 is 5.32 Å². The minimum Gasteiger partial charge on any atom is -0.481 e. The summed E-state index contributed by atoms with van der Waals surface area (Å²) in [6.45, 7) is 1.56. The number of carboxylic acids is 1. The molecule has 2 amide bonds. The van der Waals surface area contributed by atoms with Gasteiger partial charge in [-0.2, -0.15) is 11.8 Å². The molecule has 5 nitrogen and oxygen atoms in total. The van der Waals surface area contributed by atoms with Crippen molar-refractivity contribution in [1.29, 1.82) is 0 Å². The Morgan fingerprint density at radius 2 is 2.14 bits per heavy atom. The van der Waals surface area contributed by atoms with E-state index in [1.54, 1.807) is 0 Å². The Hall–Kier alpha value is -1.69. The Labute approximate surface area is 128 Å². The third-order valence-corrected chi connectivity index (χ3v) is 4.36. The predicted octanol–water partition coefficient (Wildman–Crippen LogP) is 2.67. The summed E-state index contributed by atoms with van der Waals surface area (Å²) in [4.78, 5) is 24.6. The van der Waals surface area contributed by atoms with E-state index in [2.05, 4.69) is 5.32 Å². The van der Waals surface area contributed by atoms with E-state index in [-0.39, 0.29) is 12.5 Å². The SMILES string of the molecule is O=C(O)CCc1cccc(NC(=O)N2CCCSCC2)c1. The Morgan fingerprint density at radius 1 is 1.29 bits per heavy atom. The molecule has 0 bridgehead atoms. The number of anilines is 1. The fourth-order valence-electron chi connectivity index (χ4n) is 2.21. The number of benzene rings is 1. The Morgan fingerprint density at radius 3 is 2.95 bits per heavy atom. The molecule has 0 unspecified atom stereocenters. The first kappa shape index (κ1) is 15.7. The smallest absolute Gasteiger partial charge is 0.321 e. The summed E-state index contributed by atoms with van der Waals surface area (Å²) in [6, 6.07) is 7.31. The largest absolute Gasteiger partial charge is 0.481 e. The molecule has 1 fully saturated rings. The molecule has 1 aliphatic heterocycles. The van der Waals surface area contributed by atoms with Crippen molar-refractivity contribution in [3.05, 3.63) is 29.8 Å². The standard InChI is InChI=1S/C15H20N2O3S/c18-14(19)6-5-12-3-1-4-13(11-12)16-15(20)17-7-2-9-21-10-8-17/h1,3-4,11H,2,5-10H2,(H,16,20)(H,18,19). The van der Waals surface area contributed by atoms with Gasteiger partial charge in [-0.1, -0.05) is 12.1 Å².